The Hall–Kier alpha value is -1.11. The Labute approximate surface area is 156 Å². The van der Waals surface area contributed by atoms with Crippen LogP contribution in [0.4, 0.5) is 0 Å². The lowest BCUT2D eigenvalue weighted by atomic mass is 9.92. The average molecular weight is 368 g/mol. The molecule has 1 saturated heterocycles. The fourth-order valence-electron chi connectivity index (χ4n) is 2.73. The molecule has 2 rings (SSSR count). The Bertz CT molecular complexity index is 497. The van der Waals surface area contributed by atoms with Gasteiger partial charge in [0.2, 0.25) is 0 Å². The van der Waals surface area contributed by atoms with Crippen molar-refractivity contribution in [2.45, 2.75) is 51.6 Å². The zero-order valence-corrected chi connectivity index (χ0v) is 16.7. The topological polar surface area (TPSA) is 54.9 Å². The lowest BCUT2D eigenvalue weighted by Crippen LogP contribution is -2.39. The minimum atomic E-state index is 0.0582. The minimum absolute atomic E-state index is 0.0582. The smallest absolute Gasteiger partial charge is 0.191 e. The lowest BCUT2D eigenvalue weighted by molar-refractivity contribution is -0.0320. The molecule has 1 aliphatic rings. The first-order valence-corrected chi connectivity index (χ1v) is 10.3. The van der Waals surface area contributed by atoms with Crippen LogP contribution in [0.3, 0.4) is 0 Å². The maximum absolute atomic E-state index is 5.91. The Kier molecular flexibility index (Phi) is 8.72. The molecular formula is C19H33N3O2S. The van der Waals surface area contributed by atoms with Gasteiger partial charge in [-0.15, -0.1) is 11.3 Å². The van der Waals surface area contributed by atoms with Crippen LogP contribution in [0.15, 0.2) is 22.5 Å². The minimum Gasteiger partial charge on any atom is -0.381 e. The SMILES string of the molecule is CCNC(=NCC(C)(C)c1cccs1)NCCCOC1CCOCC1. The zero-order chi connectivity index (χ0) is 18.0. The number of aliphatic imine (C=N–C) groups is 1. The summed E-state index contributed by atoms with van der Waals surface area (Å²) >= 11 is 1.80. The third-order valence-electron chi connectivity index (χ3n) is 4.30. The third-order valence-corrected chi connectivity index (χ3v) is 5.54. The van der Waals surface area contributed by atoms with Gasteiger partial charge < -0.3 is 20.1 Å². The van der Waals surface area contributed by atoms with Crippen molar-refractivity contribution in [3.63, 3.8) is 0 Å². The van der Waals surface area contributed by atoms with Gasteiger partial charge in [-0.2, -0.15) is 0 Å². The van der Waals surface area contributed by atoms with Gasteiger partial charge in [0.1, 0.15) is 0 Å². The molecule has 0 unspecified atom stereocenters. The van der Waals surface area contributed by atoms with Crippen molar-refractivity contribution in [1.82, 2.24) is 10.6 Å². The Balaban J connectivity index is 1.70. The quantitative estimate of drug-likeness (QED) is 0.400. The van der Waals surface area contributed by atoms with Crippen molar-refractivity contribution >= 4 is 17.3 Å². The van der Waals surface area contributed by atoms with Gasteiger partial charge in [0.15, 0.2) is 5.96 Å². The van der Waals surface area contributed by atoms with E-state index in [2.05, 4.69) is 48.9 Å². The Morgan fingerprint density at radius 1 is 1.36 bits per heavy atom. The molecule has 0 bridgehead atoms. The molecule has 2 heterocycles. The molecule has 0 radical (unpaired) electrons. The second kappa shape index (κ2) is 10.8. The monoisotopic (exact) mass is 367 g/mol. The molecule has 0 aromatic carbocycles. The summed E-state index contributed by atoms with van der Waals surface area (Å²) in [7, 11) is 0. The first-order valence-electron chi connectivity index (χ1n) is 9.37. The highest BCUT2D eigenvalue weighted by Gasteiger charge is 2.21. The predicted octanol–water partition coefficient (Wildman–Crippen LogP) is 3.17. The Morgan fingerprint density at radius 3 is 2.84 bits per heavy atom. The number of hydrogen-bond acceptors (Lipinski definition) is 4. The molecule has 142 valence electrons. The number of guanidine groups is 1. The second-order valence-corrected chi connectivity index (χ2v) is 7.97. The molecule has 2 N–H and O–H groups in total. The third kappa shape index (κ3) is 7.34. The summed E-state index contributed by atoms with van der Waals surface area (Å²) in [6.07, 6.45) is 3.41. The summed E-state index contributed by atoms with van der Waals surface area (Å²) in [4.78, 5) is 6.14. The largest absolute Gasteiger partial charge is 0.381 e. The van der Waals surface area contributed by atoms with E-state index in [1.807, 2.05) is 0 Å². The van der Waals surface area contributed by atoms with Crippen LogP contribution in [0.1, 0.15) is 44.9 Å². The highest BCUT2D eigenvalue weighted by Crippen LogP contribution is 2.27. The lowest BCUT2D eigenvalue weighted by Gasteiger charge is -2.23. The van der Waals surface area contributed by atoms with Gasteiger partial charge in [0.25, 0.3) is 0 Å². The van der Waals surface area contributed by atoms with E-state index in [4.69, 9.17) is 14.5 Å². The summed E-state index contributed by atoms with van der Waals surface area (Å²) in [5, 5.41) is 8.87. The molecule has 0 spiro atoms. The van der Waals surface area contributed by atoms with E-state index in [-0.39, 0.29) is 5.41 Å². The van der Waals surface area contributed by atoms with E-state index in [0.717, 1.165) is 64.7 Å². The number of hydrogen-bond donors (Lipinski definition) is 2. The van der Waals surface area contributed by atoms with Crippen LogP contribution in [0.25, 0.3) is 0 Å². The van der Waals surface area contributed by atoms with E-state index in [9.17, 15) is 0 Å². The van der Waals surface area contributed by atoms with E-state index < -0.39 is 0 Å². The van der Waals surface area contributed by atoms with Crippen LogP contribution in [0.5, 0.6) is 0 Å². The van der Waals surface area contributed by atoms with Crippen LogP contribution in [-0.4, -0.2) is 51.5 Å². The zero-order valence-electron chi connectivity index (χ0n) is 15.8. The molecule has 25 heavy (non-hydrogen) atoms. The van der Waals surface area contributed by atoms with Crippen LogP contribution in [-0.2, 0) is 14.9 Å². The van der Waals surface area contributed by atoms with Crippen molar-refractivity contribution in [2.75, 3.05) is 39.5 Å². The highest BCUT2D eigenvalue weighted by molar-refractivity contribution is 7.10. The molecule has 0 aliphatic carbocycles. The van der Waals surface area contributed by atoms with Crippen LogP contribution < -0.4 is 10.6 Å². The van der Waals surface area contributed by atoms with Gasteiger partial charge >= 0.3 is 0 Å². The predicted molar refractivity (Wildman–Crippen MR) is 106 cm³/mol. The van der Waals surface area contributed by atoms with Crippen molar-refractivity contribution < 1.29 is 9.47 Å². The van der Waals surface area contributed by atoms with Crippen LogP contribution >= 0.6 is 11.3 Å². The first-order chi connectivity index (χ1) is 12.1. The summed E-state index contributed by atoms with van der Waals surface area (Å²) < 4.78 is 11.3. The number of nitrogens with one attached hydrogen (secondary N) is 2. The number of ether oxygens (including phenoxy) is 2. The van der Waals surface area contributed by atoms with Gasteiger partial charge in [-0.1, -0.05) is 19.9 Å². The van der Waals surface area contributed by atoms with Gasteiger partial charge in [0.05, 0.1) is 12.6 Å². The van der Waals surface area contributed by atoms with E-state index in [1.54, 1.807) is 11.3 Å². The Morgan fingerprint density at radius 2 is 2.16 bits per heavy atom. The molecule has 1 aliphatic heterocycles. The van der Waals surface area contributed by atoms with Gasteiger partial charge in [-0.25, -0.2) is 0 Å². The standard InChI is InChI=1S/C19H33N3O2S/c1-4-20-18(22-15-19(2,3)17-7-5-14-25-17)21-10-6-11-24-16-8-12-23-13-9-16/h5,7,14,16H,4,6,8-13,15H2,1-3H3,(H2,20,21,22). The fraction of sp³-hybridized carbons (Fsp3) is 0.737. The molecule has 1 aromatic rings. The van der Waals surface area contributed by atoms with E-state index in [0.29, 0.717) is 6.10 Å². The van der Waals surface area contributed by atoms with Gasteiger partial charge in [-0.3, -0.25) is 4.99 Å². The number of nitrogens with zero attached hydrogens (tertiary/aromatic N) is 1. The maximum Gasteiger partial charge on any atom is 0.191 e. The van der Waals surface area contributed by atoms with Crippen LogP contribution in [0, 0.1) is 0 Å². The summed E-state index contributed by atoms with van der Waals surface area (Å²) in [6, 6.07) is 4.29. The number of thiophene rings is 1. The molecule has 5 nitrogen and oxygen atoms in total. The van der Waals surface area contributed by atoms with Gasteiger partial charge in [0, 0.05) is 43.2 Å². The van der Waals surface area contributed by atoms with E-state index in [1.165, 1.54) is 4.88 Å². The summed E-state index contributed by atoms with van der Waals surface area (Å²) in [5.41, 5.74) is 0.0582. The number of rotatable bonds is 9. The van der Waals surface area contributed by atoms with Crippen molar-refractivity contribution in [1.29, 1.82) is 0 Å². The fourth-order valence-corrected chi connectivity index (χ4v) is 3.58. The summed E-state index contributed by atoms with van der Waals surface area (Å²) in [5.74, 6) is 0.887. The first kappa shape index (κ1) is 20.2. The normalized spacial score (nSPS) is 16.8. The molecule has 0 amide bonds. The summed E-state index contributed by atoms with van der Waals surface area (Å²) in [6.45, 7) is 11.5. The highest BCUT2D eigenvalue weighted by atomic mass is 32.1. The van der Waals surface area contributed by atoms with Crippen molar-refractivity contribution in [2.24, 2.45) is 4.99 Å². The maximum atomic E-state index is 5.91. The molecule has 1 fully saturated rings. The van der Waals surface area contributed by atoms with Crippen molar-refractivity contribution in [3.05, 3.63) is 22.4 Å². The molecular weight excluding hydrogens is 334 g/mol. The molecule has 1 aromatic heterocycles. The molecule has 6 heteroatoms. The van der Waals surface area contributed by atoms with E-state index >= 15 is 0 Å². The van der Waals surface area contributed by atoms with Crippen molar-refractivity contribution in [3.8, 4) is 0 Å². The average Bonchev–Trinajstić information content (AvgIpc) is 3.16. The van der Waals surface area contributed by atoms with Crippen LogP contribution in [0.2, 0.25) is 0 Å². The molecule has 0 atom stereocenters. The second-order valence-electron chi connectivity index (χ2n) is 7.02. The molecule has 0 saturated carbocycles. The van der Waals surface area contributed by atoms with Gasteiger partial charge in [-0.05, 0) is 37.6 Å².